The van der Waals surface area contributed by atoms with Crippen LogP contribution in [0.25, 0.3) is 0 Å². The van der Waals surface area contributed by atoms with E-state index in [2.05, 4.69) is 41.6 Å². The number of hydrogen-bond acceptors (Lipinski definition) is 4. The Morgan fingerprint density at radius 3 is 3.08 bits per heavy atom. The first-order chi connectivity index (χ1) is 12.4. The highest BCUT2D eigenvalue weighted by Gasteiger charge is 2.61. The van der Waals surface area contributed by atoms with Crippen molar-refractivity contribution in [2.45, 2.75) is 37.8 Å². The van der Waals surface area contributed by atoms with Crippen LogP contribution in [0.1, 0.15) is 41.3 Å². The molecule has 26 heavy (non-hydrogen) atoms. The van der Waals surface area contributed by atoms with Gasteiger partial charge in [0.15, 0.2) is 5.72 Å². The number of rotatable bonds is 2. The van der Waals surface area contributed by atoms with Gasteiger partial charge in [0.2, 0.25) is 0 Å². The number of nitrogens with zero attached hydrogens (tertiary/aromatic N) is 3. The molecule has 6 heteroatoms. The van der Waals surface area contributed by atoms with Gasteiger partial charge in [-0.3, -0.25) is 4.79 Å². The summed E-state index contributed by atoms with van der Waals surface area (Å²) in [5.41, 5.74) is 2.27. The molecule has 3 atom stereocenters. The molecule has 136 valence electrons. The Morgan fingerprint density at radius 2 is 2.27 bits per heavy atom. The van der Waals surface area contributed by atoms with Crippen molar-refractivity contribution in [3.63, 3.8) is 0 Å². The average molecular weight is 352 g/mol. The number of piperidine rings is 1. The molecule has 1 aliphatic carbocycles. The van der Waals surface area contributed by atoms with Crippen LogP contribution in [0, 0.1) is 12.8 Å². The van der Waals surface area contributed by atoms with Crippen LogP contribution in [0.5, 0.6) is 0 Å². The van der Waals surface area contributed by atoms with Gasteiger partial charge in [-0.05, 0) is 31.7 Å². The Morgan fingerprint density at radius 1 is 1.42 bits per heavy atom. The van der Waals surface area contributed by atoms with Gasteiger partial charge in [0.1, 0.15) is 11.4 Å². The topological polar surface area (TPSA) is 70.4 Å². The Kier molecular flexibility index (Phi) is 3.11. The predicted molar refractivity (Wildman–Crippen MR) is 98.1 cm³/mol. The van der Waals surface area contributed by atoms with Crippen LogP contribution in [-0.4, -0.2) is 45.3 Å². The van der Waals surface area contributed by atoms with E-state index in [4.69, 9.17) is 0 Å². The molecule has 6 nitrogen and oxygen atoms in total. The molecule has 3 unspecified atom stereocenters. The number of benzene rings is 1. The minimum atomic E-state index is -1.05. The van der Waals surface area contributed by atoms with Gasteiger partial charge < -0.3 is 15.3 Å². The summed E-state index contributed by atoms with van der Waals surface area (Å²) in [6, 6.07) is 8.68. The number of fused-ring (bicyclic) bond motifs is 2. The number of likely N-dealkylation sites (tertiary alicyclic amines) is 1. The second-order valence-electron chi connectivity index (χ2n) is 8.32. The second-order valence-corrected chi connectivity index (χ2v) is 8.32. The first kappa shape index (κ1) is 15.9. The lowest BCUT2D eigenvalue weighted by atomic mass is 9.94. The minimum Gasteiger partial charge on any atom is -0.369 e. The molecule has 0 bridgehead atoms. The summed E-state index contributed by atoms with van der Waals surface area (Å²) in [7, 11) is 0. The number of aryl methyl sites for hydroxylation is 1. The molecule has 2 aromatic rings. The van der Waals surface area contributed by atoms with Crippen molar-refractivity contribution in [1.29, 1.82) is 0 Å². The van der Waals surface area contributed by atoms with Gasteiger partial charge in [0.05, 0.1) is 6.20 Å². The summed E-state index contributed by atoms with van der Waals surface area (Å²) in [5.74, 6) is 1.20. The molecule has 1 saturated heterocycles. The Bertz CT molecular complexity index is 903. The molecule has 0 spiro atoms. The Hall–Kier alpha value is -2.34. The molecule has 2 N–H and O–H groups in total. The van der Waals surface area contributed by atoms with Crippen LogP contribution in [0.4, 0.5) is 5.82 Å². The lowest BCUT2D eigenvalue weighted by Gasteiger charge is -2.31. The van der Waals surface area contributed by atoms with Crippen LogP contribution in [0.15, 0.2) is 30.5 Å². The van der Waals surface area contributed by atoms with E-state index in [0.717, 1.165) is 13.1 Å². The first-order valence-corrected chi connectivity index (χ1v) is 9.32. The third kappa shape index (κ3) is 2.14. The van der Waals surface area contributed by atoms with E-state index in [-0.39, 0.29) is 11.3 Å². The number of amides is 1. The van der Waals surface area contributed by atoms with Gasteiger partial charge in [0, 0.05) is 31.5 Å². The summed E-state index contributed by atoms with van der Waals surface area (Å²) >= 11 is 0. The molecular weight excluding hydrogens is 328 g/mol. The zero-order valence-corrected chi connectivity index (χ0v) is 15.2. The van der Waals surface area contributed by atoms with Crippen molar-refractivity contribution in [2.75, 3.05) is 25.0 Å². The van der Waals surface area contributed by atoms with Crippen LogP contribution in [0.3, 0.4) is 0 Å². The maximum Gasteiger partial charge on any atom is 0.259 e. The summed E-state index contributed by atoms with van der Waals surface area (Å²) in [5, 5.41) is 18.0. The van der Waals surface area contributed by atoms with Crippen molar-refractivity contribution in [1.82, 2.24) is 14.7 Å². The lowest BCUT2D eigenvalue weighted by Crippen LogP contribution is -2.39. The van der Waals surface area contributed by atoms with Crippen molar-refractivity contribution < 1.29 is 9.90 Å². The summed E-state index contributed by atoms with van der Waals surface area (Å²) in [4.78, 5) is 15.1. The predicted octanol–water partition coefficient (Wildman–Crippen LogP) is 2.09. The number of aromatic nitrogens is 2. The number of anilines is 1. The summed E-state index contributed by atoms with van der Waals surface area (Å²) in [6.45, 7) is 6.05. The molecule has 5 rings (SSSR count). The average Bonchev–Trinajstić information content (AvgIpc) is 2.97. The van der Waals surface area contributed by atoms with E-state index < -0.39 is 5.72 Å². The van der Waals surface area contributed by atoms with Crippen LogP contribution in [-0.2, 0) is 11.1 Å². The van der Waals surface area contributed by atoms with Crippen molar-refractivity contribution in [3.8, 4) is 0 Å². The number of carbonyl (C=O) groups excluding carboxylic acids is 1. The van der Waals surface area contributed by atoms with E-state index in [1.54, 1.807) is 13.1 Å². The smallest absolute Gasteiger partial charge is 0.259 e. The fraction of sp³-hybridized carbons (Fsp3) is 0.500. The van der Waals surface area contributed by atoms with E-state index >= 15 is 0 Å². The molecule has 1 aromatic heterocycles. The first-order valence-electron chi connectivity index (χ1n) is 9.32. The Balaban J connectivity index is 1.41. The normalized spacial score (nSPS) is 32.0. The van der Waals surface area contributed by atoms with Crippen molar-refractivity contribution in [2.24, 2.45) is 5.92 Å². The van der Waals surface area contributed by atoms with Gasteiger partial charge >= 0.3 is 0 Å². The van der Waals surface area contributed by atoms with Crippen LogP contribution in [0.2, 0.25) is 0 Å². The molecule has 1 saturated carbocycles. The molecule has 3 heterocycles. The number of carbonyl (C=O) groups is 1. The lowest BCUT2D eigenvalue weighted by molar-refractivity contribution is -0.0378. The van der Waals surface area contributed by atoms with E-state index in [1.807, 2.05) is 4.90 Å². The monoisotopic (exact) mass is 352 g/mol. The quantitative estimate of drug-likeness (QED) is 0.868. The third-order valence-corrected chi connectivity index (χ3v) is 6.37. The standard InChI is InChI=1S/C20H24N4O2/c1-13-4-3-5-14(8-13)20-9-15(20)11-23(12-20)18(25)16-10-22-24-17(16)21-7-6-19(24,2)26/h3-5,8,10,15,21,26H,6-7,9,11-12H2,1-2H3. The summed E-state index contributed by atoms with van der Waals surface area (Å²) in [6.07, 6.45) is 3.32. The molecule has 2 aliphatic heterocycles. The Labute approximate surface area is 152 Å². The maximum absolute atomic E-state index is 13.1. The van der Waals surface area contributed by atoms with Gasteiger partial charge in [-0.15, -0.1) is 0 Å². The highest BCUT2D eigenvalue weighted by atomic mass is 16.3. The fourth-order valence-corrected chi connectivity index (χ4v) is 4.77. The molecular formula is C20H24N4O2. The van der Waals surface area contributed by atoms with Gasteiger partial charge in [-0.2, -0.15) is 5.10 Å². The molecule has 1 aromatic carbocycles. The molecule has 2 fully saturated rings. The van der Waals surface area contributed by atoms with Crippen LogP contribution >= 0.6 is 0 Å². The number of hydrogen-bond donors (Lipinski definition) is 2. The van der Waals surface area contributed by atoms with Gasteiger partial charge in [0.25, 0.3) is 5.91 Å². The van der Waals surface area contributed by atoms with Crippen molar-refractivity contribution >= 4 is 11.7 Å². The largest absolute Gasteiger partial charge is 0.369 e. The fourth-order valence-electron chi connectivity index (χ4n) is 4.77. The van der Waals surface area contributed by atoms with E-state index in [0.29, 0.717) is 30.3 Å². The zero-order valence-electron chi connectivity index (χ0n) is 15.2. The molecule has 3 aliphatic rings. The number of aliphatic hydroxyl groups is 1. The zero-order chi connectivity index (χ0) is 18.1. The van der Waals surface area contributed by atoms with E-state index in [9.17, 15) is 9.90 Å². The summed E-state index contributed by atoms with van der Waals surface area (Å²) < 4.78 is 1.54. The highest BCUT2D eigenvalue weighted by Crippen LogP contribution is 2.59. The maximum atomic E-state index is 13.1. The highest BCUT2D eigenvalue weighted by molar-refractivity contribution is 5.99. The van der Waals surface area contributed by atoms with E-state index in [1.165, 1.54) is 22.2 Å². The second kappa shape index (κ2) is 5.10. The van der Waals surface area contributed by atoms with Crippen LogP contribution < -0.4 is 5.32 Å². The van der Waals surface area contributed by atoms with Gasteiger partial charge in [-0.1, -0.05) is 29.8 Å². The minimum absolute atomic E-state index is 0.00989. The van der Waals surface area contributed by atoms with Gasteiger partial charge in [-0.25, -0.2) is 4.68 Å². The molecule has 0 radical (unpaired) electrons. The number of nitrogens with one attached hydrogen (secondary N) is 1. The molecule has 1 amide bonds. The SMILES string of the molecule is Cc1cccc(C23CC2CN(C(=O)c2cnn4c2NCCC4(C)O)C3)c1. The third-order valence-electron chi connectivity index (χ3n) is 6.37. The van der Waals surface area contributed by atoms with Crippen molar-refractivity contribution in [3.05, 3.63) is 47.2 Å².